The minimum absolute atomic E-state index is 0.00435. The summed E-state index contributed by atoms with van der Waals surface area (Å²) in [5.74, 6) is 4.83. The van der Waals surface area contributed by atoms with Crippen molar-refractivity contribution in [3.63, 3.8) is 0 Å². The van der Waals surface area contributed by atoms with Crippen LogP contribution in [0.5, 0.6) is 0 Å². The number of nitrogens with one attached hydrogen (secondary N) is 2. The van der Waals surface area contributed by atoms with E-state index >= 15 is 0 Å². The Kier molecular flexibility index (Phi) is 4.50. The van der Waals surface area contributed by atoms with Gasteiger partial charge in [0.15, 0.2) is 0 Å². The molecule has 1 atom stereocenters. The van der Waals surface area contributed by atoms with Gasteiger partial charge in [-0.05, 0) is 32.8 Å². The minimum atomic E-state index is -1.24. The number of benzene rings is 1. The van der Waals surface area contributed by atoms with Gasteiger partial charge in [-0.25, -0.2) is 14.0 Å². The van der Waals surface area contributed by atoms with Gasteiger partial charge in [-0.2, -0.15) is 4.68 Å². The van der Waals surface area contributed by atoms with Crippen molar-refractivity contribution in [2.45, 2.75) is 45.2 Å². The lowest BCUT2D eigenvalue weighted by molar-refractivity contribution is 0.191. The third kappa shape index (κ3) is 3.18. The average Bonchev–Trinajstić information content (AvgIpc) is 3.39. The van der Waals surface area contributed by atoms with E-state index in [0.717, 1.165) is 12.8 Å². The smallest absolute Gasteiger partial charge is 0.404 e. The van der Waals surface area contributed by atoms with Gasteiger partial charge in [0.1, 0.15) is 5.82 Å². The largest absolute Gasteiger partial charge is 0.465 e. The second-order valence-corrected chi connectivity index (χ2v) is 6.85. The number of hydrogen-bond acceptors (Lipinski definition) is 5. The highest BCUT2D eigenvalue weighted by molar-refractivity contribution is 6.02. The van der Waals surface area contributed by atoms with Crippen molar-refractivity contribution in [3.8, 4) is 0 Å². The molecule has 5 N–H and O–H groups in total. The molecule has 1 fully saturated rings. The first-order valence-electron chi connectivity index (χ1n) is 8.46. The minimum Gasteiger partial charge on any atom is -0.465 e. The maximum atomic E-state index is 14.9. The van der Waals surface area contributed by atoms with E-state index in [2.05, 4.69) is 5.32 Å². The van der Waals surface area contributed by atoms with Crippen LogP contribution in [-0.4, -0.2) is 32.2 Å². The van der Waals surface area contributed by atoms with Gasteiger partial charge in [-0.3, -0.25) is 9.36 Å². The summed E-state index contributed by atoms with van der Waals surface area (Å²) in [6.07, 6.45) is 0.207. The molecule has 1 saturated carbocycles. The van der Waals surface area contributed by atoms with Crippen molar-refractivity contribution in [2.75, 3.05) is 5.84 Å². The van der Waals surface area contributed by atoms with Crippen molar-refractivity contribution in [2.24, 2.45) is 0 Å². The van der Waals surface area contributed by atoms with Crippen molar-refractivity contribution < 1.29 is 14.3 Å². The predicted molar refractivity (Wildman–Crippen MR) is 97.7 cm³/mol. The van der Waals surface area contributed by atoms with Crippen molar-refractivity contribution in [3.05, 3.63) is 43.8 Å². The third-order valence-corrected chi connectivity index (χ3v) is 4.70. The Balaban J connectivity index is 2.20. The first-order chi connectivity index (χ1) is 12.6. The summed E-state index contributed by atoms with van der Waals surface area (Å²) < 4.78 is 16.8. The molecule has 10 heteroatoms. The summed E-state index contributed by atoms with van der Waals surface area (Å²) in [4.78, 5) is 35.6. The van der Waals surface area contributed by atoms with Gasteiger partial charge in [0, 0.05) is 35.3 Å². The number of carbonyl (C=O) groups is 1. The predicted octanol–water partition coefficient (Wildman–Crippen LogP) is 1.07. The molecule has 0 bridgehead atoms. The summed E-state index contributed by atoms with van der Waals surface area (Å²) >= 11 is 0. The number of fused-ring (bicyclic) bond motifs is 1. The number of aryl methyl sites for hydroxylation is 1. The number of halogens is 1. The lowest BCUT2D eigenvalue weighted by atomic mass is 9.98. The molecule has 1 aromatic carbocycles. The maximum Gasteiger partial charge on any atom is 0.404 e. The number of aromatic nitrogens is 2. The highest BCUT2D eigenvalue weighted by Gasteiger charge is 2.30. The highest BCUT2D eigenvalue weighted by atomic mass is 19.1. The fourth-order valence-corrected chi connectivity index (χ4v) is 3.25. The fraction of sp³-hybridized carbons (Fsp3) is 0.412. The third-order valence-electron chi connectivity index (χ3n) is 4.70. The SMILES string of the molecule is Cc1c(F)c(C(=N)CC(C)NC(=O)O)cc2c1c(=O)n(N)c(=O)n2C1CC1. The maximum absolute atomic E-state index is 14.9. The lowest BCUT2D eigenvalue weighted by Crippen LogP contribution is -2.44. The molecule has 1 heterocycles. The van der Waals surface area contributed by atoms with E-state index in [1.165, 1.54) is 17.6 Å². The summed E-state index contributed by atoms with van der Waals surface area (Å²) in [7, 11) is 0. The Morgan fingerprint density at radius 2 is 2.11 bits per heavy atom. The first-order valence-corrected chi connectivity index (χ1v) is 8.46. The summed E-state index contributed by atoms with van der Waals surface area (Å²) in [6.45, 7) is 2.96. The van der Waals surface area contributed by atoms with Gasteiger partial charge in [0.05, 0.1) is 10.9 Å². The Labute approximate surface area is 152 Å². The normalized spacial score (nSPS) is 14.9. The summed E-state index contributed by atoms with van der Waals surface area (Å²) in [5, 5.41) is 19.2. The Morgan fingerprint density at radius 1 is 1.48 bits per heavy atom. The van der Waals surface area contributed by atoms with Crippen LogP contribution in [0.25, 0.3) is 10.9 Å². The highest BCUT2D eigenvalue weighted by Crippen LogP contribution is 2.36. The van der Waals surface area contributed by atoms with Crippen molar-refractivity contribution in [1.29, 1.82) is 5.41 Å². The zero-order valence-electron chi connectivity index (χ0n) is 14.9. The van der Waals surface area contributed by atoms with Crippen LogP contribution in [0.4, 0.5) is 9.18 Å². The van der Waals surface area contributed by atoms with Crippen LogP contribution in [0.15, 0.2) is 15.7 Å². The number of nitrogens with zero attached hydrogens (tertiary/aromatic N) is 2. The van der Waals surface area contributed by atoms with Crippen molar-refractivity contribution >= 4 is 22.7 Å². The van der Waals surface area contributed by atoms with Crippen LogP contribution in [0.3, 0.4) is 0 Å². The van der Waals surface area contributed by atoms with Crippen LogP contribution in [0, 0.1) is 18.2 Å². The van der Waals surface area contributed by atoms with Gasteiger partial charge in [-0.1, -0.05) is 0 Å². The van der Waals surface area contributed by atoms with E-state index in [4.69, 9.17) is 16.4 Å². The van der Waals surface area contributed by atoms with E-state index in [9.17, 15) is 18.8 Å². The molecule has 0 aliphatic heterocycles. The molecule has 1 unspecified atom stereocenters. The molecular weight excluding hydrogens is 357 g/mol. The number of carboxylic acid groups (broad SMARTS) is 1. The number of amides is 1. The molecule has 2 aromatic rings. The van der Waals surface area contributed by atoms with E-state index in [1.54, 1.807) is 6.92 Å². The zero-order chi connectivity index (χ0) is 20.0. The Hall–Kier alpha value is -3.17. The molecule has 0 spiro atoms. The monoisotopic (exact) mass is 377 g/mol. The second-order valence-electron chi connectivity index (χ2n) is 6.85. The molecular formula is C17H20FN5O4. The molecule has 3 rings (SSSR count). The summed E-state index contributed by atoms with van der Waals surface area (Å²) in [5.41, 5.74) is -1.43. The topological polar surface area (TPSA) is 143 Å². The van der Waals surface area contributed by atoms with E-state index in [-0.39, 0.29) is 40.2 Å². The van der Waals surface area contributed by atoms with Gasteiger partial charge in [0.2, 0.25) is 0 Å². The van der Waals surface area contributed by atoms with E-state index < -0.39 is 29.2 Å². The fourth-order valence-electron chi connectivity index (χ4n) is 3.25. The lowest BCUT2D eigenvalue weighted by Gasteiger charge is -2.17. The molecule has 0 saturated heterocycles. The number of nitrogens with two attached hydrogens (primary N) is 1. The molecule has 144 valence electrons. The second kappa shape index (κ2) is 6.53. The Bertz CT molecular complexity index is 1080. The van der Waals surface area contributed by atoms with Gasteiger partial charge >= 0.3 is 11.8 Å². The average molecular weight is 377 g/mol. The van der Waals surface area contributed by atoms with E-state index in [0.29, 0.717) is 4.68 Å². The molecule has 9 nitrogen and oxygen atoms in total. The van der Waals surface area contributed by atoms with Crippen LogP contribution < -0.4 is 22.4 Å². The molecule has 1 aliphatic rings. The number of nitrogen functional groups attached to an aromatic ring is 1. The van der Waals surface area contributed by atoms with Crippen LogP contribution in [0.2, 0.25) is 0 Å². The van der Waals surface area contributed by atoms with Crippen LogP contribution >= 0.6 is 0 Å². The zero-order valence-corrected chi connectivity index (χ0v) is 14.9. The Morgan fingerprint density at radius 3 is 2.67 bits per heavy atom. The molecule has 1 aromatic heterocycles. The van der Waals surface area contributed by atoms with Crippen molar-refractivity contribution in [1.82, 2.24) is 14.6 Å². The number of hydrogen-bond donors (Lipinski definition) is 4. The summed E-state index contributed by atoms with van der Waals surface area (Å²) in [6, 6.07) is 0.595. The van der Waals surface area contributed by atoms with Crippen LogP contribution in [0.1, 0.15) is 43.4 Å². The number of rotatable bonds is 5. The van der Waals surface area contributed by atoms with Gasteiger partial charge in [-0.15, -0.1) is 0 Å². The molecule has 1 amide bonds. The first kappa shape index (κ1) is 18.6. The molecule has 27 heavy (non-hydrogen) atoms. The standard InChI is InChI=1S/C17H20FN5O4/c1-7(21-16(25)26)5-11(19)10-6-12-13(8(2)14(10)18)15(24)23(20)17(27)22(12)9-3-4-9/h6-7,9,19,21H,3-5,20H2,1-2H3,(H,25,26). The van der Waals surface area contributed by atoms with Gasteiger partial charge < -0.3 is 21.7 Å². The van der Waals surface area contributed by atoms with E-state index in [1.807, 2.05) is 0 Å². The molecule has 0 radical (unpaired) electrons. The molecule has 1 aliphatic carbocycles. The quantitative estimate of drug-likeness (QED) is 0.455. The van der Waals surface area contributed by atoms with Gasteiger partial charge in [0.25, 0.3) is 5.56 Å². The van der Waals surface area contributed by atoms with Crippen LogP contribution in [-0.2, 0) is 0 Å².